The molecular formula is C17H20N6O. The van der Waals surface area contributed by atoms with Crippen LogP contribution in [0.25, 0.3) is 11.4 Å². The van der Waals surface area contributed by atoms with Crippen LogP contribution in [0, 0.1) is 6.92 Å². The number of hydrogen-bond donors (Lipinski definition) is 0. The largest absolute Gasteiger partial charge is 0.338 e. The second kappa shape index (κ2) is 6.52. The zero-order chi connectivity index (χ0) is 16.4. The molecule has 7 heteroatoms. The molecule has 2 aromatic heterocycles. The van der Waals surface area contributed by atoms with E-state index in [0.717, 1.165) is 25.1 Å². The van der Waals surface area contributed by atoms with Gasteiger partial charge in [0.15, 0.2) is 0 Å². The van der Waals surface area contributed by atoms with Crippen molar-refractivity contribution in [2.75, 3.05) is 6.54 Å². The first-order valence-corrected chi connectivity index (χ1v) is 8.24. The molecule has 0 N–H and O–H groups in total. The first-order valence-electron chi connectivity index (χ1n) is 8.24. The van der Waals surface area contributed by atoms with Gasteiger partial charge in [0.05, 0.1) is 13.1 Å². The number of benzene rings is 1. The van der Waals surface area contributed by atoms with Gasteiger partial charge in [-0.15, -0.1) is 0 Å². The van der Waals surface area contributed by atoms with Crippen LogP contribution < -0.4 is 0 Å². The van der Waals surface area contributed by atoms with E-state index in [-0.39, 0.29) is 0 Å². The highest BCUT2D eigenvalue weighted by molar-refractivity contribution is 5.55. The van der Waals surface area contributed by atoms with Crippen molar-refractivity contribution >= 4 is 0 Å². The summed E-state index contributed by atoms with van der Waals surface area (Å²) in [6.07, 6.45) is 5.67. The zero-order valence-electron chi connectivity index (χ0n) is 13.7. The van der Waals surface area contributed by atoms with E-state index >= 15 is 0 Å². The van der Waals surface area contributed by atoms with Gasteiger partial charge in [0, 0.05) is 11.6 Å². The number of hydrogen-bond acceptors (Lipinski definition) is 6. The molecule has 3 aromatic rings. The van der Waals surface area contributed by atoms with Crippen LogP contribution in [0.1, 0.15) is 24.3 Å². The Morgan fingerprint density at radius 1 is 1.33 bits per heavy atom. The summed E-state index contributed by atoms with van der Waals surface area (Å²) in [4.78, 5) is 11.0. The standard InChI is InChI=1S/C17H20N6O/c1-13-4-2-5-14(8-13)17-20-16(24-21-17)10-22-7-3-6-15(22)9-23-12-18-11-19-23/h2,4-5,8,11-12,15H,3,6-7,9-10H2,1H3. The Hall–Kier alpha value is -2.54. The van der Waals surface area contributed by atoms with Crippen LogP contribution in [-0.2, 0) is 13.1 Å². The van der Waals surface area contributed by atoms with Crippen LogP contribution in [0.15, 0.2) is 41.4 Å². The van der Waals surface area contributed by atoms with Crippen molar-refractivity contribution in [2.24, 2.45) is 0 Å². The lowest BCUT2D eigenvalue weighted by molar-refractivity contribution is 0.192. The first kappa shape index (κ1) is 15.0. The average Bonchev–Trinajstić information content (AvgIpc) is 3.32. The molecule has 7 nitrogen and oxygen atoms in total. The van der Waals surface area contributed by atoms with Crippen LogP contribution in [0.3, 0.4) is 0 Å². The van der Waals surface area contributed by atoms with Crippen LogP contribution in [0.5, 0.6) is 0 Å². The number of rotatable bonds is 5. The Balaban J connectivity index is 1.45. The minimum atomic E-state index is 0.431. The summed E-state index contributed by atoms with van der Waals surface area (Å²) in [5.74, 6) is 1.32. The summed E-state index contributed by atoms with van der Waals surface area (Å²) in [7, 11) is 0. The average molecular weight is 324 g/mol. The second-order valence-corrected chi connectivity index (χ2v) is 6.27. The number of aromatic nitrogens is 5. The fourth-order valence-corrected chi connectivity index (χ4v) is 3.25. The molecule has 0 bridgehead atoms. The maximum Gasteiger partial charge on any atom is 0.241 e. The van der Waals surface area contributed by atoms with Gasteiger partial charge in [-0.05, 0) is 32.4 Å². The van der Waals surface area contributed by atoms with Crippen molar-refractivity contribution in [1.82, 2.24) is 29.8 Å². The van der Waals surface area contributed by atoms with Gasteiger partial charge in [0.1, 0.15) is 12.7 Å². The molecule has 0 spiro atoms. The highest BCUT2D eigenvalue weighted by atomic mass is 16.5. The predicted octanol–water partition coefficient (Wildman–Crippen LogP) is 2.30. The lowest BCUT2D eigenvalue weighted by atomic mass is 10.1. The third kappa shape index (κ3) is 3.21. The summed E-state index contributed by atoms with van der Waals surface area (Å²) in [6.45, 7) is 4.63. The molecule has 1 unspecified atom stereocenters. The molecule has 24 heavy (non-hydrogen) atoms. The third-order valence-corrected chi connectivity index (χ3v) is 4.45. The molecule has 1 atom stereocenters. The fraction of sp³-hybridized carbons (Fsp3) is 0.412. The van der Waals surface area contributed by atoms with E-state index in [2.05, 4.69) is 44.2 Å². The summed E-state index contributed by atoms with van der Waals surface area (Å²) >= 11 is 0. The van der Waals surface area contributed by atoms with Gasteiger partial charge in [-0.3, -0.25) is 9.58 Å². The lowest BCUT2D eigenvalue weighted by Gasteiger charge is -2.22. The molecule has 4 rings (SSSR count). The molecule has 0 radical (unpaired) electrons. The number of nitrogens with zero attached hydrogens (tertiary/aromatic N) is 6. The second-order valence-electron chi connectivity index (χ2n) is 6.27. The quantitative estimate of drug-likeness (QED) is 0.717. The van der Waals surface area contributed by atoms with E-state index in [4.69, 9.17) is 4.52 Å². The van der Waals surface area contributed by atoms with Crippen molar-refractivity contribution in [3.05, 3.63) is 48.4 Å². The van der Waals surface area contributed by atoms with E-state index in [1.807, 2.05) is 16.8 Å². The van der Waals surface area contributed by atoms with Crippen molar-refractivity contribution in [1.29, 1.82) is 0 Å². The maximum absolute atomic E-state index is 5.47. The highest BCUT2D eigenvalue weighted by Gasteiger charge is 2.26. The highest BCUT2D eigenvalue weighted by Crippen LogP contribution is 2.22. The minimum Gasteiger partial charge on any atom is -0.338 e. The van der Waals surface area contributed by atoms with E-state index in [1.54, 1.807) is 12.7 Å². The predicted molar refractivity (Wildman–Crippen MR) is 87.9 cm³/mol. The summed E-state index contributed by atoms with van der Waals surface area (Å²) < 4.78 is 7.35. The van der Waals surface area contributed by atoms with E-state index in [9.17, 15) is 0 Å². The monoisotopic (exact) mass is 324 g/mol. The normalized spacial score (nSPS) is 18.3. The van der Waals surface area contributed by atoms with E-state index in [0.29, 0.717) is 24.3 Å². The van der Waals surface area contributed by atoms with Crippen LogP contribution in [-0.4, -0.2) is 42.4 Å². The summed E-state index contributed by atoms with van der Waals surface area (Å²) in [6, 6.07) is 8.57. The SMILES string of the molecule is Cc1cccc(-c2noc(CN3CCCC3Cn3cncn3)n2)c1. The Labute approximate surface area is 140 Å². The summed E-state index contributed by atoms with van der Waals surface area (Å²) in [5.41, 5.74) is 2.18. The topological polar surface area (TPSA) is 72.9 Å². The molecule has 124 valence electrons. The lowest BCUT2D eigenvalue weighted by Crippen LogP contribution is -2.32. The number of likely N-dealkylation sites (tertiary alicyclic amines) is 1. The maximum atomic E-state index is 5.47. The van der Waals surface area contributed by atoms with Crippen LogP contribution >= 0.6 is 0 Å². The minimum absolute atomic E-state index is 0.431. The zero-order valence-corrected chi connectivity index (χ0v) is 13.7. The molecule has 0 aliphatic carbocycles. The summed E-state index contributed by atoms with van der Waals surface area (Å²) in [5, 5.41) is 8.33. The van der Waals surface area contributed by atoms with Gasteiger partial charge in [0.25, 0.3) is 0 Å². The molecule has 0 saturated carbocycles. The molecule has 3 heterocycles. The molecule has 1 aromatic carbocycles. The van der Waals surface area contributed by atoms with Crippen molar-refractivity contribution in [2.45, 2.75) is 38.9 Å². The fourth-order valence-electron chi connectivity index (χ4n) is 3.25. The molecule has 1 fully saturated rings. The van der Waals surface area contributed by atoms with Crippen molar-refractivity contribution < 1.29 is 4.52 Å². The molecule has 1 aliphatic rings. The van der Waals surface area contributed by atoms with Gasteiger partial charge >= 0.3 is 0 Å². The Kier molecular flexibility index (Phi) is 4.08. The van der Waals surface area contributed by atoms with Gasteiger partial charge in [-0.25, -0.2) is 4.98 Å². The van der Waals surface area contributed by atoms with Gasteiger partial charge in [0.2, 0.25) is 11.7 Å². The van der Waals surface area contributed by atoms with Crippen LogP contribution in [0.4, 0.5) is 0 Å². The van der Waals surface area contributed by atoms with E-state index < -0.39 is 0 Å². The van der Waals surface area contributed by atoms with Crippen LogP contribution in [0.2, 0.25) is 0 Å². The van der Waals surface area contributed by atoms with Gasteiger partial charge in [-0.2, -0.15) is 10.1 Å². The molecule has 1 saturated heterocycles. The van der Waals surface area contributed by atoms with Gasteiger partial charge in [-0.1, -0.05) is 28.9 Å². The van der Waals surface area contributed by atoms with Crippen molar-refractivity contribution in [3.8, 4) is 11.4 Å². The van der Waals surface area contributed by atoms with Crippen molar-refractivity contribution in [3.63, 3.8) is 0 Å². The smallest absolute Gasteiger partial charge is 0.241 e. The third-order valence-electron chi connectivity index (χ3n) is 4.45. The van der Waals surface area contributed by atoms with E-state index in [1.165, 1.54) is 12.0 Å². The Morgan fingerprint density at radius 3 is 3.12 bits per heavy atom. The molecule has 0 amide bonds. The Bertz CT molecular complexity index is 797. The first-order chi connectivity index (χ1) is 11.8. The Morgan fingerprint density at radius 2 is 2.29 bits per heavy atom. The number of aryl methyl sites for hydroxylation is 1. The molecular weight excluding hydrogens is 304 g/mol. The van der Waals surface area contributed by atoms with Gasteiger partial charge < -0.3 is 4.52 Å². The molecule has 1 aliphatic heterocycles.